The molecule has 0 radical (unpaired) electrons. The molecular weight excluding hydrogens is 460 g/mol. The van der Waals surface area contributed by atoms with E-state index < -0.39 is 17.9 Å². The Balaban J connectivity index is 3.33. The quantitative estimate of drug-likeness (QED) is 0.0605. The fourth-order valence-electron chi connectivity index (χ4n) is 4.78. The summed E-state index contributed by atoms with van der Waals surface area (Å²) >= 11 is 0. The molecule has 0 aromatic rings. The molecule has 0 saturated carbocycles. The first kappa shape index (κ1) is 35.4. The molecule has 4 nitrogen and oxygen atoms in total. The Kier molecular flexibility index (Phi) is 27.7. The minimum atomic E-state index is -0.901. The maximum atomic E-state index is 11.6. The van der Waals surface area contributed by atoms with Crippen LogP contribution in [-0.4, -0.2) is 23.7 Å². The number of aliphatic carboxylic acids is 1. The normalized spacial score (nSPS) is 12.1. The Bertz CT molecular complexity index is 555. The summed E-state index contributed by atoms with van der Waals surface area (Å²) in [6.07, 6.45) is 35.6. The van der Waals surface area contributed by atoms with Gasteiger partial charge in [-0.1, -0.05) is 147 Å². The first-order valence-electron chi connectivity index (χ1n) is 15.8. The molecular formula is C33H60O4. The molecule has 0 saturated heterocycles. The SMILES string of the molecule is C=CCOC(=O)CC(CCCCCCCCCCCCCCCCCC/C=C/CCCCCC)C(=O)O. The topological polar surface area (TPSA) is 63.6 Å². The Morgan fingerprint density at radius 1 is 0.676 bits per heavy atom. The summed E-state index contributed by atoms with van der Waals surface area (Å²) in [7, 11) is 0. The molecule has 0 aliphatic rings. The van der Waals surface area contributed by atoms with Gasteiger partial charge >= 0.3 is 11.9 Å². The third kappa shape index (κ3) is 27.3. The van der Waals surface area contributed by atoms with Crippen LogP contribution < -0.4 is 0 Å². The van der Waals surface area contributed by atoms with Crippen molar-refractivity contribution in [3.63, 3.8) is 0 Å². The maximum absolute atomic E-state index is 11.6. The third-order valence-electron chi connectivity index (χ3n) is 7.19. The molecule has 0 heterocycles. The van der Waals surface area contributed by atoms with Crippen LogP contribution in [0.1, 0.15) is 161 Å². The Morgan fingerprint density at radius 2 is 1.08 bits per heavy atom. The van der Waals surface area contributed by atoms with Crippen LogP contribution >= 0.6 is 0 Å². The fourth-order valence-corrected chi connectivity index (χ4v) is 4.78. The minimum Gasteiger partial charge on any atom is -0.481 e. The van der Waals surface area contributed by atoms with Gasteiger partial charge in [-0.3, -0.25) is 9.59 Å². The highest BCUT2D eigenvalue weighted by Crippen LogP contribution is 2.18. The summed E-state index contributed by atoms with van der Waals surface area (Å²) in [4.78, 5) is 23.0. The van der Waals surface area contributed by atoms with E-state index in [1.54, 1.807) is 0 Å². The summed E-state index contributed by atoms with van der Waals surface area (Å²) in [6.45, 7) is 5.90. The van der Waals surface area contributed by atoms with Crippen LogP contribution in [0, 0.1) is 5.92 Å². The molecule has 216 valence electrons. The lowest BCUT2D eigenvalue weighted by Crippen LogP contribution is -2.19. The number of carboxylic acids is 1. The molecule has 0 aromatic heterocycles. The van der Waals surface area contributed by atoms with Gasteiger partial charge < -0.3 is 9.84 Å². The number of ether oxygens (including phenoxy) is 1. The van der Waals surface area contributed by atoms with Crippen molar-refractivity contribution in [1.29, 1.82) is 0 Å². The average Bonchev–Trinajstić information content (AvgIpc) is 2.89. The predicted molar refractivity (Wildman–Crippen MR) is 158 cm³/mol. The van der Waals surface area contributed by atoms with Crippen molar-refractivity contribution < 1.29 is 19.4 Å². The second kappa shape index (κ2) is 29.0. The monoisotopic (exact) mass is 520 g/mol. The van der Waals surface area contributed by atoms with Crippen molar-refractivity contribution in [3.05, 3.63) is 24.8 Å². The van der Waals surface area contributed by atoms with Crippen LogP contribution in [0.2, 0.25) is 0 Å². The predicted octanol–water partition coefficient (Wildman–Crippen LogP) is 10.4. The molecule has 0 aromatic carbocycles. The number of hydrogen-bond acceptors (Lipinski definition) is 3. The second-order valence-corrected chi connectivity index (χ2v) is 10.8. The van der Waals surface area contributed by atoms with E-state index in [1.165, 1.54) is 128 Å². The van der Waals surface area contributed by atoms with Crippen molar-refractivity contribution in [3.8, 4) is 0 Å². The summed E-state index contributed by atoms with van der Waals surface area (Å²) < 4.78 is 4.91. The highest BCUT2D eigenvalue weighted by molar-refractivity contribution is 5.78. The van der Waals surface area contributed by atoms with Gasteiger partial charge in [0.2, 0.25) is 0 Å². The molecule has 0 rings (SSSR count). The Morgan fingerprint density at radius 3 is 1.49 bits per heavy atom. The van der Waals surface area contributed by atoms with E-state index in [9.17, 15) is 14.7 Å². The van der Waals surface area contributed by atoms with Crippen molar-refractivity contribution in [1.82, 2.24) is 0 Å². The first-order chi connectivity index (χ1) is 18.1. The molecule has 1 unspecified atom stereocenters. The zero-order chi connectivity index (χ0) is 27.2. The van der Waals surface area contributed by atoms with Gasteiger partial charge in [-0.05, 0) is 32.1 Å². The van der Waals surface area contributed by atoms with E-state index in [2.05, 4.69) is 25.7 Å². The minimum absolute atomic E-state index is 0.0413. The number of unbranched alkanes of at least 4 members (excludes halogenated alkanes) is 20. The van der Waals surface area contributed by atoms with Gasteiger partial charge in [0, 0.05) is 0 Å². The van der Waals surface area contributed by atoms with Crippen LogP contribution in [0.25, 0.3) is 0 Å². The van der Waals surface area contributed by atoms with Gasteiger partial charge in [0.15, 0.2) is 0 Å². The molecule has 4 heteroatoms. The van der Waals surface area contributed by atoms with Gasteiger partial charge in [-0.25, -0.2) is 0 Å². The van der Waals surface area contributed by atoms with Crippen molar-refractivity contribution >= 4 is 11.9 Å². The van der Waals surface area contributed by atoms with Gasteiger partial charge in [-0.2, -0.15) is 0 Å². The van der Waals surface area contributed by atoms with Gasteiger partial charge in [0.25, 0.3) is 0 Å². The van der Waals surface area contributed by atoms with Crippen molar-refractivity contribution in [2.75, 3.05) is 6.61 Å². The smallest absolute Gasteiger partial charge is 0.307 e. The van der Waals surface area contributed by atoms with Gasteiger partial charge in [-0.15, -0.1) is 0 Å². The van der Waals surface area contributed by atoms with E-state index in [4.69, 9.17) is 4.74 Å². The zero-order valence-electron chi connectivity index (χ0n) is 24.4. The average molecular weight is 521 g/mol. The van der Waals surface area contributed by atoms with E-state index in [0.29, 0.717) is 6.42 Å². The van der Waals surface area contributed by atoms with E-state index in [1.807, 2.05) is 0 Å². The van der Waals surface area contributed by atoms with Crippen LogP contribution in [0.15, 0.2) is 24.8 Å². The van der Waals surface area contributed by atoms with Gasteiger partial charge in [0.1, 0.15) is 6.61 Å². The maximum Gasteiger partial charge on any atom is 0.307 e. The number of esters is 1. The molecule has 1 N–H and O–H groups in total. The number of carbonyl (C=O) groups is 2. The Labute approximate surface area is 229 Å². The largest absolute Gasteiger partial charge is 0.481 e. The number of carbonyl (C=O) groups excluding carboxylic acids is 1. The number of rotatable bonds is 29. The number of allylic oxidation sites excluding steroid dienone is 2. The van der Waals surface area contributed by atoms with E-state index in [-0.39, 0.29) is 13.0 Å². The van der Waals surface area contributed by atoms with Crippen LogP contribution in [0.5, 0.6) is 0 Å². The lowest BCUT2D eigenvalue weighted by molar-refractivity contribution is -0.151. The Hall–Kier alpha value is -1.58. The van der Waals surface area contributed by atoms with Gasteiger partial charge in [0.05, 0.1) is 12.3 Å². The molecule has 1 atom stereocenters. The standard InChI is InChI=1S/C33H60O4/c1-3-5-6-7-8-9-10-11-12-13-14-15-16-17-18-19-20-21-22-23-24-25-26-27-28-31(33(35)36)30-32(34)37-29-4-2/h4,9-10,31H,2-3,5-8,11-30H2,1H3,(H,35,36)/b10-9+. The highest BCUT2D eigenvalue weighted by atomic mass is 16.5. The van der Waals surface area contributed by atoms with Crippen LogP contribution in [0.4, 0.5) is 0 Å². The molecule has 0 spiro atoms. The molecule has 0 aliphatic carbocycles. The lowest BCUT2D eigenvalue weighted by atomic mass is 9.97. The molecule has 0 fully saturated rings. The summed E-state index contributed by atoms with van der Waals surface area (Å²) in [6, 6.07) is 0. The van der Waals surface area contributed by atoms with Crippen LogP contribution in [-0.2, 0) is 14.3 Å². The lowest BCUT2D eigenvalue weighted by Gasteiger charge is -2.11. The zero-order valence-corrected chi connectivity index (χ0v) is 24.4. The third-order valence-corrected chi connectivity index (χ3v) is 7.19. The van der Waals surface area contributed by atoms with Crippen molar-refractivity contribution in [2.45, 2.75) is 161 Å². The highest BCUT2D eigenvalue weighted by Gasteiger charge is 2.21. The molecule has 0 amide bonds. The number of carboxylic acid groups (broad SMARTS) is 1. The van der Waals surface area contributed by atoms with Crippen molar-refractivity contribution in [2.24, 2.45) is 5.92 Å². The first-order valence-corrected chi connectivity index (χ1v) is 15.8. The molecule has 0 aliphatic heterocycles. The second-order valence-electron chi connectivity index (χ2n) is 10.8. The summed E-state index contributed by atoms with van der Waals surface area (Å²) in [5.41, 5.74) is 0. The molecule has 0 bridgehead atoms. The van der Waals surface area contributed by atoms with E-state index >= 15 is 0 Å². The number of hydrogen-bond donors (Lipinski definition) is 1. The summed E-state index contributed by atoms with van der Waals surface area (Å²) in [5.74, 6) is -1.98. The summed E-state index contributed by atoms with van der Waals surface area (Å²) in [5, 5.41) is 9.30. The molecule has 37 heavy (non-hydrogen) atoms. The van der Waals surface area contributed by atoms with Crippen LogP contribution in [0.3, 0.4) is 0 Å². The fraction of sp³-hybridized carbons (Fsp3) is 0.818. The van der Waals surface area contributed by atoms with E-state index in [0.717, 1.165) is 19.3 Å².